The minimum atomic E-state index is -1.01. The van der Waals surface area contributed by atoms with Crippen LogP contribution in [0.2, 0.25) is 0 Å². The normalized spacial score (nSPS) is 18.9. The topological polar surface area (TPSA) is 313 Å². The standard InChI is InChI=1S/C62H72N10O13S4/c1-32(2)52(69-51(73)10-7-6-8-17-70-59(78)53(88-61(80)43(63)30-86)54(60(70)79)89-62(81)44(64)31-87)56(75)67-33(3)55(74)68-38-15-13-35(14-16-38)37-21-40-27-66-46-25-50(48(83-5)23-42(46)58(77)72(40)29-37)85-19-9-18-84-49-24-45-41(22-47(49)82-4)57(76)71-28-36(34-11-12-34)20-39(71)26-65-45/h13-16,22-29,32-34,39-40,43-44,52,86-87H,6-12,17-21,30-31,63-64H2,1-5H3,(H,67,75)(H,68,74)(H,69,73)/t33-,39-,40-,43+,44+,52-/m1/s1. The predicted molar refractivity (Wildman–Crippen MR) is 346 cm³/mol. The Hall–Kier alpha value is -7.43. The van der Waals surface area contributed by atoms with Crippen molar-refractivity contribution in [3.05, 3.63) is 93.0 Å². The van der Waals surface area contributed by atoms with Crippen molar-refractivity contribution in [3.8, 4) is 23.0 Å². The van der Waals surface area contributed by atoms with Crippen LogP contribution in [0.4, 0.5) is 17.1 Å². The Morgan fingerprint density at radius 1 is 0.663 bits per heavy atom. The number of rotatable bonds is 28. The molecule has 3 aromatic rings. The summed E-state index contributed by atoms with van der Waals surface area (Å²) in [5, 5.41) is 7.09. The second-order valence-corrected chi connectivity index (χ2v) is 25.2. The number of methoxy groups -OCH3 is 2. The zero-order valence-corrected chi connectivity index (χ0v) is 53.3. The fraction of sp³-hybridized carbons (Fsp3) is 0.435. The van der Waals surface area contributed by atoms with Crippen molar-refractivity contribution in [1.29, 1.82) is 0 Å². The number of fused-ring (bicyclic) bond motifs is 4. The number of hydrogen-bond donors (Lipinski definition) is 7. The van der Waals surface area contributed by atoms with E-state index in [1.165, 1.54) is 39.6 Å². The molecule has 27 heteroatoms. The summed E-state index contributed by atoms with van der Waals surface area (Å²) in [7, 11) is 3.03. The highest BCUT2D eigenvalue weighted by molar-refractivity contribution is 8.21. The number of benzene rings is 3. The molecular formula is C62H72N10O13S4. The molecule has 5 heterocycles. The summed E-state index contributed by atoms with van der Waals surface area (Å²) in [6.07, 6.45) is 12.5. The van der Waals surface area contributed by atoms with Crippen molar-refractivity contribution >= 4 is 135 Å². The number of thioether (sulfide) groups is 2. The van der Waals surface area contributed by atoms with E-state index in [1.807, 2.05) is 24.5 Å². The van der Waals surface area contributed by atoms with Gasteiger partial charge in [0.25, 0.3) is 23.6 Å². The highest BCUT2D eigenvalue weighted by atomic mass is 32.2. The molecule has 0 saturated heterocycles. The lowest BCUT2D eigenvalue weighted by Gasteiger charge is -2.24. The maximum absolute atomic E-state index is 14.1. The van der Waals surface area contributed by atoms with Crippen molar-refractivity contribution in [2.45, 2.75) is 115 Å². The lowest BCUT2D eigenvalue weighted by atomic mass is 10.0. The molecule has 0 spiro atoms. The Morgan fingerprint density at radius 3 is 1.72 bits per heavy atom. The predicted octanol–water partition coefficient (Wildman–Crippen LogP) is 6.51. The summed E-state index contributed by atoms with van der Waals surface area (Å²) in [5.74, 6) is -1.47. The number of ether oxygens (including phenoxy) is 4. The molecule has 1 fully saturated rings. The number of hydrogen-bond acceptors (Lipinski definition) is 21. The summed E-state index contributed by atoms with van der Waals surface area (Å²) < 4.78 is 23.6. The Kier molecular flexibility index (Phi) is 21.9. The first-order valence-electron chi connectivity index (χ1n) is 29.3. The van der Waals surface area contributed by atoms with Crippen LogP contribution in [0.15, 0.2) is 86.3 Å². The van der Waals surface area contributed by atoms with Crippen molar-refractivity contribution in [2.24, 2.45) is 33.3 Å². The second-order valence-electron chi connectivity index (χ2n) is 22.5. The van der Waals surface area contributed by atoms with Gasteiger partial charge in [-0.2, -0.15) is 25.3 Å². The van der Waals surface area contributed by atoms with Gasteiger partial charge in [0.05, 0.1) is 74.1 Å². The van der Waals surface area contributed by atoms with Gasteiger partial charge in [-0.15, -0.1) is 0 Å². The van der Waals surface area contributed by atoms with E-state index in [0.717, 1.165) is 22.5 Å². The fourth-order valence-electron chi connectivity index (χ4n) is 10.4. The molecule has 0 unspecified atom stereocenters. The van der Waals surface area contributed by atoms with Crippen LogP contribution in [0.3, 0.4) is 0 Å². The Labute approximate surface area is 534 Å². The average Bonchev–Trinajstić information content (AvgIpc) is 2.02. The molecule has 1 aliphatic carbocycles. The molecule has 89 heavy (non-hydrogen) atoms. The first-order valence-corrected chi connectivity index (χ1v) is 32.2. The maximum Gasteiger partial charge on any atom is 0.268 e. The highest BCUT2D eigenvalue weighted by Crippen LogP contribution is 2.45. The van der Waals surface area contributed by atoms with E-state index in [1.54, 1.807) is 72.5 Å². The van der Waals surface area contributed by atoms with E-state index in [9.17, 15) is 43.2 Å². The van der Waals surface area contributed by atoms with E-state index in [0.29, 0.717) is 113 Å². The van der Waals surface area contributed by atoms with E-state index < -0.39 is 63.9 Å². The summed E-state index contributed by atoms with van der Waals surface area (Å²) in [4.78, 5) is 133. The third-order valence-corrected chi connectivity index (χ3v) is 18.8. The Morgan fingerprint density at radius 2 is 1.20 bits per heavy atom. The van der Waals surface area contributed by atoms with E-state index >= 15 is 0 Å². The second kappa shape index (κ2) is 29.5. The van der Waals surface area contributed by atoms with E-state index in [-0.39, 0.29) is 77.3 Å². The van der Waals surface area contributed by atoms with Crippen molar-refractivity contribution in [2.75, 3.05) is 50.8 Å². The molecule has 23 nitrogen and oxygen atoms in total. The molecule has 5 aliphatic heterocycles. The first kappa shape index (κ1) is 66.0. The van der Waals surface area contributed by atoms with Crippen LogP contribution < -0.4 is 46.4 Å². The van der Waals surface area contributed by atoms with Crippen molar-refractivity contribution in [1.82, 2.24) is 25.3 Å². The van der Waals surface area contributed by atoms with Gasteiger partial charge in [0.2, 0.25) is 28.0 Å². The molecule has 7 N–H and O–H groups in total. The lowest BCUT2D eigenvalue weighted by molar-refractivity contribution is -0.137. The van der Waals surface area contributed by atoms with Gasteiger partial charge in [-0.3, -0.25) is 58.0 Å². The van der Waals surface area contributed by atoms with Gasteiger partial charge in [-0.25, -0.2) is 0 Å². The number of anilines is 1. The number of amides is 7. The molecule has 3 aromatic carbocycles. The van der Waals surface area contributed by atoms with Gasteiger partial charge in [0.15, 0.2) is 23.0 Å². The molecule has 0 bridgehead atoms. The number of aliphatic imine (C=N–C) groups is 2. The number of nitrogens with two attached hydrogens (primary N) is 2. The summed E-state index contributed by atoms with van der Waals surface area (Å²) >= 11 is 9.03. The molecular weight excluding hydrogens is 1220 g/mol. The molecule has 7 amide bonds. The number of carbonyl (C=O) groups is 9. The van der Waals surface area contributed by atoms with Gasteiger partial charge < -0.3 is 56.2 Å². The molecule has 6 aliphatic rings. The summed E-state index contributed by atoms with van der Waals surface area (Å²) in [6.45, 7) is 5.51. The lowest BCUT2D eigenvalue weighted by Crippen LogP contribution is -2.53. The van der Waals surface area contributed by atoms with Gasteiger partial charge in [-0.05, 0) is 115 Å². The zero-order valence-electron chi connectivity index (χ0n) is 49.9. The number of unbranched alkanes of at least 4 members (excludes halogenated alkanes) is 2. The summed E-state index contributed by atoms with van der Waals surface area (Å²) in [6, 6.07) is 9.36. The van der Waals surface area contributed by atoms with Crippen LogP contribution >= 0.6 is 48.8 Å². The van der Waals surface area contributed by atoms with Gasteiger partial charge >= 0.3 is 0 Å². The third kappa shape index (κ3) is 15.4. The largest absolute Gasteiger partial charge is 0.493 e. The fourth-order valence-corrected chi connectivity index (χ4v) is 12.9. The molecule has 0 radical (unpaired) electrons. The average molecular weight is 1290 g/mol. The number of nitrogens with zero attached hydrogens (tertiary/aromatic N) is 5. The highest BCUT2D eigenvalue weighted by Gasteiger charge is 2.43. The minimum absolute atomic E-state index is 0.00102. The molecule has 6 atom stereocenters. The third-order valence-electron chi connectivity index (χ3n) is 15.7. The monoisotopic (exact) mass is 1290 g/mol. The minimum Gasteiger partial charge on any atom is -0.493 e. The number of carbonyl (C=O) groups excluding carboxylic acids is 9. The van der Waals surface area contributed by atoms with Gasteiger partial charge in [-0.1, -0.05) is 32.4 Å². The smallest absolute Gasteiger partial charge is 0.268 e. The van der Waals surface area contributed by atoms with Crippen LogP contribution in [0.25, 0.3) is 5.57 Å². The number of nitrogens with one attached hydrogen (secondary N) is 3. The van der Waals surface area contributed by atoms with E-state index in [2.05, 4.69) is 41.2 Å². The van der Waals surface area contributed by atoms with Gasteiger partial charge in [0.1, 0.15) is 21.9 Å². The SMILES string of the molecule is COc1cc2c(cc1OCCCOc1cc3c(cc1OC)C(=O)N1C=C(C4CC4)C[C@@H]1C=N3)N=C[C@H]1CC(c3ccc(NC(=O)[C@@H](C)NC(=O)[C@H](NC(=O)CCCCCN4C(=O)C(SC(=O)[C@@H](N)CS)=C(SC(=O)[C@@H](N)CS)C4=O)C(C)C)cc3)=CN1C2=O. The zero-order chi connectivity index (χ0) is 63.8. The Balaban J connectivity index is 0.712. The quantitative estimate of drug-likeness (QED) is 0.0232. The first-order chi connectivity index (χ1) is 42.7. The molecule has 0 aromatic heterocycles. The van der Waals surface area contributed by atoms with Crippen molar-refractivity contribution in [3.63, 3.8) is 0 Å². The maximum atomic E-state index is 14.1. The summed E-state index contributed by atoms with van der Waals surface area (Å²) in [5.41, 5.74) is 16.8. The van der Waals surface area contributed by atoms with Gasteiger partial charge in [0, 0.05) is 80.0 Å². The Bertz CT molecular complexity index is 3430. The van der Waals surface area contributed by atoms with Crippen LogP contribution in [0.5, 0.6) is 23.0 Å². The molecule has 9 rings (SSSR count). The number of imide groups is 1. The van der Waals surface area contributed by atoms with Crippen LogP contribution in [-0.2, 0) is 33.6 Å². The van der Waals surface area contributed by atoms with Crippen LogP contribution in [0.1, 0.15) is 105 Å². The van der Waals surface area contributed by atoms with E-state index in [4.69, 9.17) is 40.4 Å². The van der Waals surface area contributed by atoms with Crippen LogP contribution in [0, 0.1) is 11.8 Å². The van der Waals surface area contributed by atoms with Crippen molar-refractivity contribution < 1.29 is 62.1 Å². The number of thiol groups is 2. The van der Waals surface area contributed by atoms with Crippen LogP contribution in [-0.4, -0.2) is 160 Å². The molecule has 1 saturated carbocycles. The molecule has 472 valence electrons.